The first-order chi connectivity index (χ1) is 10.9. The maximum Gasteiger partial charge on any atom is 0.257 e. The molecular formula is C16H19N3O3S. The van der Waals surface area contributed by atoms with Gasteiger partial charge in [0, 0.05) is 19.3 Å². The fourth-order valence-electron chi connectivity index (χ4n) is 2.78. The molecule has 0 spiro atoms. The van der Waals surface area contributed by atoms with Gasteiger partial charge in [0.25, 0.3) is 5.91 Å². The Kier molecular flexibility index (Phi) is 4.21. The van der Waals surface area contributed by atoms with Crippen LogP contribution in [-0.4, -0.2) is 53.6 Å². The van der Waals surface area contributed by atoms with Crippen molar-refractivity contribution in [3.05, 3.63) is 53.9 Å². The van der Waals surface area contributed by atoms with E-state index in [1.54, 1.807) is 17.9 Å². The quantitative estimate of drug-likeness (QED) is 0.842. The van der Waals surface area contributed by atoms with E-state index in [-0.39, 0.29) is 23.5 Å². The van der Waals surface area contributed by atoms with Crippen molar-refractivity contribution < 1.29 is 13.2 Å². The fourth-order valence-corrected chi connectivity index (χ4v) is 4.56. The summed E-state index contributed by atoms with van der Waals surface area (Å²) in [5.74, 6) is 0.0158. The summed E-state index contributed by atoms with van der Waals surface area (Å²) < 4.78 is 24.8. The van der Waals surface area contributed by atoms with E-state index in [4.69, 9.17) is 0 Å². The number of carbonyl (C=O) groups excluding carboxylic acids is 1. The van der Waals surface area contributed by atoms with Crippen LogP contribution in [-0.2, 0) is 16.4 Å². The molecule has 2 heterocycles. The smallest absolute Gasteiger partial charge is 0.257 e. The molecule has 2 aromatic rings. The summed E-state index contributed by atoms with van der Waals surface area (Å²) in [6, 6.07) is 9.62. The lowest BCUT2D eigenvalue weighted by Gasteiger charge is -2.22. The number of hydrogen-bond donors (Lipinski definition) is 0. The van der Waals surface area contributed by atoms with Gasteiger partial charge in [0.15, 0.2) is 9.84 Å². The molecule has 0 N–H and O–H groups in total. The van der Waals surface area contributed by atoms with Gasteiger partial charge in [-0.1, -0.05) is 30.3 Å². The van der Waals surface area contributed by atoms with Gasteiger partial charge in [0.2, 0.25) is 0 Å². The van der Waals surface area contributed by atoms with Crippen molar-refractivity contribution in [1.29, 1.82) is 0 Å². The largest absolute Gasteiger partial charge is 0.338 e. The summed E-state index contributed by atoms with van der Waals surface area (Å²) in [5.41, 5.74) is 1.58. The van der Waals surface area contributed by atoms with E-state index in [1.807, 2.05) is 30.3 Å². The van der Waals surface area contributed by atoms with Crippen molar-refractivity contribution in [2.24, 2.45) is 0 Å². The molecule has 0 radical (unpaired) electrons. The van der Waals surface area contributed by atoms with Crippen LogP contribution >= 0.6 is 0 Å². The molecule has 7 heteroatoms. The molecule has 1 fully saturated rings. The minimum absolute atomic E-state index is 0.0490. The Morgan fingerprint density at radius 3 is 2.74 bits per heavy atom. The Bertz CT molecular complexity index is 799. The lowest BCUT2D eigenvalue weighted by Crippen LogP contribution is -2.37. The second-order valence-electron chi connectivity index (χ2n) is 5.89. The molecule has 1 aromatic carbocycles. The van der Waals surface area contributed by atoms with Gasteiger partial charge in [0.1, 0.15) is 0 Å². The van der Waals surface area contributed by atoms with Crippen molar-refractivity contribution >= 4 is 15.7 Å². The Morgan fingerprint density at radius 2 is 2.09 bits per heavy atom. The zero-order valence-electron chi connectivity index (χ0n) is 12.9. The van der Waals surface area contributed by atoms with Crippen LogP contribution in [0, 0.1) is 0 Å². The Labute approximate surface area is 135 Å². The SMILES string of the molecule is CN(C(=O)c1cnn(Cc2ccccc2)c1)[C@H]1CCS(=O)(=O)C1. The summed E-state index contributed by atoms with van der Waals surface area (Å²) in [4.78, 5) is 14.0. The first kappa shape index (κ1) is 15.7. The van der Waals surface area contributed by atoms with E-state index in [9.17, 15) is 13.2 Å². The van der Waals surface area contributed by atoms with Gasteiger partial charge in [0.05, 0.1) is 29.8 Å². The fraction of sp³-hybridized carbons (Fsp3) is 0.375. The third kappa shape index (κ3) is 3.61. The van der Waals surface area contributed by atoms with Gasteiger partial charge in [-0.05, 0) is 12.0 Å². The zero-order valence-corrected chi connectivity index (χ0v) is 13.7. The van der Waals surface area contributed by atoms with Crippen LogP contribution in [0.4, 0.5) is 0 Å². The van der Waals surface area contributed by atoms with Crippen LogP contribution < -0.4 is 0 Å². The molecule has 1 amide bonds. The monoisotopic (exact) mass is 333 g/mol. The van der Waals surface area contributed by atoms with Crippen LogP contribution in [0.1, 0.15) is 22.3 Å². The van der Waals surface area contributed by atoms with Crippen LogP contribution in [0.5, 0.6) is 0 Å². The predicted molar refractivity (Wildman–Crippen MR) is 86.9 cm³/mol. The number of hydrogen-bond acceptors (Lipinski definition) is 4. The topological polar surface area (TPSA) is 72.3 Å². The molecule has 1 aliphatic heterocycles. The highest BCUT2D eigenvalue weighted by molar-refractivity contribution is 7.91. The van der Waals surface area contributed by atoms with Crippen molar-refractivity contribution in [2.45, 2.75) is 19.0 Å². The molecule has 1 saturated heterocycles. The van der Waals surface area contributed by atoms with E-state index in [0.29, 0.717) is 18.5 Å². The highest BCUT2D eigenvalue weighted by Gasteiger charge is 2.33. The van der Waals surface area contributed by atoms with E-state index in [2.05, 4.69) is 5.10 Å². The minimum Gasteiger partial charge on any atom is -0.338 e. The van der Waals surface area contributed by atoms with Crippen molar-refractivity contribution in [3.63, 3.8) is 0 Å². The molecule has 0 bridgehead atoms. The summed E-state index contributed by atoms with van der Waals surface area (Å²) in [6.45, 7) is 0.593. The average Bonchev–Trinajstić information content (AvgIpc) is 3.13. The zero-order chi connectivity index (χ0) is 16.4. The maximum absolute atomic E-state index is 12.5. The van der Waals surface area contributed by atoms with E-state index >= 15 is 0 Å². The third-order valence-electron chi connectivity index (χ3n) is 4.14. The van der Waals surface area contributed by atoms with Gasteiger partial charge in [-0.25, -0.2) is 8.42 Å². The van der Waals surface area contributed by atoms with E-state index in [1.165, 1.54) is 11.1 Å². The maximum atomic E-state index is 12.5. The van der Waals surface area contributed by atoms with Crippen molar-refractivity contribution in [2.75, 3.05) is 18.6 Å². The van der Waals surface area contributed by atoms with Gasteiger partial charge in [-0.2, -0.15) is 5.10 Å². The van der Waals surface area contributed by atoms with Gasteiger partial charge in [-0.3, -0.25) is 9.48 Å². The Hall–Kier alpha value is -2.15. The van der Waals surface area contributed by atoms with Crippen LogP contribution in [0.15, 0.2) is 42.7 Å². The molecule has 122 valence electrons. The third-order valence-corrected chi connectivity index (χ3v) is 5.89. The Balaban J connectivity index is 1.69. The molecule has 3 rings (SSSR count). The summed E-state index contributed by atoms with van der Waals surface area (Å²) in [5, 5.41) is 4.22. The standard InChI is InChI=1S/C16H19N3O3S/c1-18(15-7-8-23(21,22)12-15)16(20)14-9-17-19(11-14)10-13-5-3-2-4-6-13/h2-6,9,11,15H,7-8,10,12H2,1H3/t15-/m0/s1. The molecule has 23 heavy (non-hydrogen) atoms. The molecule has 0 aliphatic carbocycles. The first-order valence-corrected chi connectivity index (χ1v) is 9.31. The predicted octanol–water partition coefficient (Wildman–Crippen LogP) is 1.19. The lowest BCUT2D eigenvalue weighted by atomic mass is 10.2. The Morgan fingerprint density at radius 1 is 1.35 bits per heavy atom. The van der Waals surface area contributed by atoms with E-state index in [0.717, 1.165) is 5.56 Å². The average molecular weight is 333 g/mol. The van der Waals surface area contributed by atoms with Crippen LogP contribution in [0.25, 0.3) is 0 Å². The van der Waals surface area contributed by atoms with Gasteiger partial charge >= 0.3 is 0 Å². The molecule has 1 aliphatic rings. The van der Waals surface area contributed by atoms with Gasteiger partial charge < -0.3 is 4.90 Å². The van der Waals surface area contributed by atoms with Crippen molar-refractivity contribution in [3.8, 4) is 0 Å². The first-order valence-electron chi connectivity index (χ1n) is 7.48. The molecule has 6 nitrogen and oxygen atoms in total. The number of sulfone groups is 1. The molecule has 1 aromatic heterocycles. The van der Waals surface area contributed by atoms with E-state index < -0.39 is 9.84 Å². The van der Waals surface area contributed by atoms with Crippen LogP contribution in [0.3, 0.4) is 0 Å². The number of amides is 1. The number of carbonyl (C=O) groups is 1. The summed E-state index contributed by atoms with van der Waals surface area (Å²) in [6.07, 6.45) is 3.74. The number of benzene rings is 1. The second-order valence-corrected chi connectivity index (χ2v) is 8.11. The summed E-state index contributed by atoms with van der Waals surface area (Å²) >= 11 is 0. The number of rotatable bonds is 4. The lowest BCUT2D eigenvalue weighted by molar-refractivity contribution is 0.0747. The molecule has 0 unspecified atom stereocenters. The molecule has 0 saturated carbocycles. The van der Waals surface area contributed by atoms with Gasteiger partial charge in [-0.15, -0.1) is 0 Å². The normalized spacial score (nSPS) is 19.6. The van der Waals surface area contributed by atoms with Crippen LogP contribution in [0.2, 0.25) is 0 Å². The molecule has 1 atom stereocenters. The summed E-state index contributed by atoms with van der Waals surface area (Å²) in [7, 11) is -1.35. The highest BCUT2D eigenvalue weighted by atomic mass is 32.2. The molecular weight excluding hydrogens is 314 g/mol. The highest BCUT2D eigenvalue weighted by Crippen LogP contribution is 2.18. The number of nitrogens with zero attached hydrogens (tertiary/aromatic N) is 3. The minimum atomic E-state index is -3.01. The second kappa shape index (κ2) is 6.16. The number of aromatic nitrogens is 2. The van der Waals surface area contributed by atoms with Crippen molar-refractivity contribution in [1.82, 2.24) is 14.7 Å².